The van der Waals surface area contributed by atoms with Crippen molar-refractivity contribution >= 4 is 37.5 Å². The van der Waals surface area contributed by atoms with Gasteiger partial charge in [0, 0.05) is 6.54 Å². The van der Waals surface area contributed by atoms with Crippen molar-refractivity contribution in [2.45, 2.75) is 33.7 Å². The van der Waals surface area contributed by atoms with Crippen molar-refractivity contribution in [2.75, 3.05) is 6.61 Å². The van der Waals surface area contributed by atoms with Crippen LogP contribution in [0.25, 0.3) is 10.2 Å². The molecule has 2 rings (SSSR count). The number of hydrogen-bond acceptors (Lipinski definition) is 4. The van der Waals surface area contributed by atoms with Crippen LogP contribution in [0.2, 0.25) is 0 Å². The van der Waals surface area contributed by atoms with Gasteiger partial charge in [0.15, 0.2) is 0 Å². The van der Waals surface area contributed by atoms with Crippen LogP contribution in [0.15, 0.2) is 14.6 Å². The summed E-state index contributed by atoms with van der Waals surface area (Å²) in [5.41, 5.74) is -0.0208. The third-order valence-corrected chi connectivity index (χ3v) is 4.11. The number of ether oxygens (including phenoxy) is 1. The predicted molar refractivity (Wildman–Crippen MR) is 82.2 cm³/mol. The minimum absolute atomic E-state index is 0.0208. The summed E-state index contributed by atoms with van der Waals surface area (Å²) >= 11 is 4.85. The molecule has 104 valence electrons. The lowest BCUT2D eigenvalue weighted by Crippen LogP contribution is -2.24. The molecule has 0 aliphatic carbocycles. The van der Waals surface area contributed by atoms with Gasteiger partial charge in [-0.3, -0.25) is 9.36 Å². The van der Waals surface area contributed by atoms with E-state index >= 15 is 0 Å². The largest absolute Gasteiger partial charge is 0.464 e. The highest BCUT2D eigenvalue weighted by Gasteiger charge is 2.14. The average Bonchev–Trinajstić information content (AvgIpc) is 2.71. The standard InChI is InChI=1S/C13H17BrN2O2S/c1-4-5-16-12(17)9-6-10(14)19-11(9)15-13(16)18-7-8(2)3/h6,8H,4-5,7H2,1-3H3. The van der Waals surface area contributed by atoms with Crippen LogP contribution in [0.3, 0.4) is 0 Å². The summed E-state index contributed by atoms with van der Waals surface area (Å²) in [6, 6.07) is 2.26. The van der Waals surface area contributed by atoms with Gasteiger partial charge < -0.3 is 4.74 Å². The highest BCUT2D eigenvalue weighted by atomic mass is 79.9. The van der Waals surface area contributed by atoms with E-state index in [0.29, 0.717) is 30.5 Å². The highest BCUT2D eigenvalue weighted by molar-refractivity contribution is 9.11. The van der Waals surface area contributed by atoms with Crippen molar-refractivity contribution in [3.63, 3.8) is 0 Å². The van der Waals surface area contributed by atoms with Crippen molar-refractivity contribution in [3.8, 4) is 6.01 Å². The van der Waals surface area contributed by atoms with Crippen molar-refractivity contribution in [3.05, 3.63) is 20.2 Å². The lowest BCUT2D eigenvalue weighted by atomic mass is 10.2. The molecule has 0 aliphatic rings. The number of hydrogen-bond donors (Lipinski definition) is 0. The number of halogens is 1. The van der Waals surface area contributed by atoms with E-state index in [2.05, 4.69) is 34.8 Å². The molecule has 0 aliphatic heterocycles. The number of thiophene rings is 1. The Hall–Kier alpha value is -0.880. The molecule has 0 N–H and O–H groups in total. The van der Waals surface area contributed by atoms with Gasteiger partial charge >= 0.3 is 6.01 Å². The Morgan fingerprint density at radius 3 is 2.89 bits per heavy atom. The van der Waals surface area contributed by atoms with E-state index in [1.54, 1.807) is 4.57 Å². The first-order chi connectivity index (χ1) is 9.02. The molecule has 0 bridgehead atoms. The zero-order valence-electron chi connectivity index (χ0n) is 11.3. The molecular weight excluding hydrogens is 328 g/mol. The quantitative estimate of drug-likeness (QED) is 0.831. The van der Waals surface area contributed by atoms with Crippen LogP contribution < -0.4 is 10.3 Å². The first-order valence-electron chi connectivity index (χ1n) is 6.35. The molecule has 0 radical (unpaired) electrons. The van der Waals surface area contributed by atoms with E-state index < -0.39 is 0 Å². The molecule has 0 spiro atoms. The molecule has 6 heteroatoms. The first kappa shape index (κ1) is 14.5. The Kier molecular flexibility index (Phi) is 4.62. The lowest BCUT2D eigenvalue weighted by Gasteiger charge is -2.13. The van der Waals surface area contributed by atoms with Crippen molar-refractivity contribution < 1.29 is 4.74 Å². The fraction of sp³-hybridized carbons (Fsp3) is 0.538. The lowest BCUT2D eigenvalue weighted by molar-refractivity contribution is 0.236. The summed E-state index contributed by atoms with van der Waals surface area (Å²) in [6.45, 7) is 7.37. The Balaban J connectivity index is 2.52. The van der Waals surface area contributed by atoms with Crippen LogP contribution in [0.1, 0.15) is 27.2 Å². The minimum atomic E-state index is -0.0208. The molecule has 0 aromatic carbocycles. The van der Waals surface area contributed by atoms with E-state index in [1.165, 1.54) is 11.3 Å². The van der Waals surface area contributed by atoms with Crippen LogP contribution in [0.5, 0.6) is 6.01 Å². The van der Waals surface area contributed by atoms with Gasteiger partial charge in [-0.2, -0.15) is 4.98 Å². The second-order valence-corrected chi connectivity index (χ2v) is 7.24. The fourth-order valence-corrected chi connectivity index (χ4v) is 3.17. The molecule has 2 heterocycles. The highest BCUT2D eigenvalue weighted by Crippen LogP contribution is 2.27. The number of aromatic nitrogens is 2. The topological polar surface area (TPSA) is 44.1 Å². The summed E-state index contributed by atoms with van der Waals surface area (Å²) in [5, 5.41) is 0.655. The van der Waals surface area contributed by atoms with Gasteiger partial charge in [0.1, 0.15) is 4.83 Å². The molecule has 19 heavy (non-hydrogen) atoms. The van der Waals surface area contributed by atoms with Crippen molar-refractivity contribution in [1.29, 1.82) is 0 Å². The molecule has 4 nitrogen and oxygen atoms in total. The van der Waals surface area contributed by atoms with E-state index in [4.69, 9.17) is 4.74 Å². The molecule has 0 atom stereocenters. The second-order valence-electron chi connectivity index (χ2n) is 4.83. The fourth-order valence-electron chi connectivity index (χ4n) is 1.74. The molecule has 2 aromatic rings. The third-order valence-electron chi connectivity index (χ3n) is 2.58. The molecule has 0 saturated carbocycles. The summed E-state index contributed by atoms with van der Waals surface area (Å²) in [5.74, 6) is 0.401. The maximum Gasteiger partial charge on any atom is 0.300 e. The maximum atomic E-state index is 12.4. The molecule has 0 amide bonds. The summed E-state index contributed by atoms with van der Waals surface area (Å²) in [4.78, 5) is 17.6. The van der Waals surface area contributed by atoms with Crippen LogP contribution in [-0.4, -0.2) is 16.2 Å². The maximum absolute atomic E-state index is 12.4. The molecule has 0 unspecified atom stereocenters. The third kappa shape index (κ3) is 3.17. The number of rotatable bonds is 5. The van der Waals surface area contributed by atoms with Crippen molar-refractivity contribution in [1.82, 2.24) is 9.55 Å². The van der Waals surface area contributed by atoms with Crippen LogP contribution in [0.4, 0.5) is 0 Å². The normalized spacial score (nSPS) is 11.4. The molecule has 0 fully saturated rings. The predicted octanol–water partition coefficient (Wildman–Crippen LogP) is 3.67. The average molecular weight is 345 g/mol. The van der Waals surface area contributed by atoms with E-state index in [1.807, 2.05) is 13.0 Å². The Morgan fingerprint density at radius 1 is 1.53 bits per heavy atom. The van der Waals surface area contributed by atoms with Gasteiger partial charge in [0.05, 0.1) is 15.8 Å². The Bertz CT molecular complexity index is 633. The van der Waals surface area contributed by atoms with Crippen LogP contribution in [0, 0.1) is 5.92 Å². The van der Waals surface area contributed by atoms with E-state index in [-0.39, 0.29) is 5.56 Å². The molecule has 2 aromatic heterocycles. The first-order valence-corrected chi connectivity index (χ1v) is 7.96. The van der Waals surface area contributed by atoms with E-state index in [9.17, 15) is 4.79 Å². The minimum Gasteiger partial charge on any atom is -0.464 e. The van der Waals surface area contributed by atoms with Gasteiger partial charge in [0.25, 0.3) is 5.56 Å². The van der Waals surface area contributed by atoms with Crippen molar-refractivity contribution in [2.24, 2.45) is 5.92 Å². The van der Waals surface area contributed by atoms with Gasteiger partial charge in [-0.15, -0.1) is 11.3 Å². The number of nitrogens with zero attached hydrogens (tertiary/aromatic N) is 2. The Morgan fingerprint density at radius 2 is 2.26 bits per heavy atom. The second kappa shape index (κ2) is 6.05. The monoisotopic (exact) mass is 344 g/mol. The molecule has 0 saturated heterocycles. The molecular formula is C13H17BrN2O2S. The summed E-state index contributed by atoms with van der Waals surface area (Å²) < 4.78 is 8.23. The summed E-state index contributed by atoms with van der Waals surface area (Å²) in [7, 11) is 0. The number of fused-ring (bicyclic) bond motifs is 1. The zero-order chi connectivity index (χ0) is 14.0. The smallest absolute Gasteiger partial charge is 0.300 e. The van der Waals surface area contributed by atoms with Gasteiger partial charge in [-0.05, 0) is 34.3 Å². The summed E-state index contributed by atoms with van der Waals surface area (Å²) in [6.07, 6.45) is 0.871. The van der Waals surface area contributed by atoms with Gasteiger partial charge in [-0.25, -0.2) is 0 Å². The van der Waals surface area contributed by atoms with E-state index in [0.717, 1.165) is 15.0 Å². The van der Waals surface area contributed by atoms with Gasteiger partial charge in [0.2, 0.25) is 0 Å². The Labute approximate surface area is 124 Å². The van der Waals surface area contributed by atoms with Crippen LogP contribution in [-0.2, 0) is 6.54 Å². The van der Waals surface area contributed by atoms with Crippen LogP contribution >= 0.6 is 27.3 Å². The van der Waals surface area contributed by atoms with Gasteiger partial charge in [-0.1, -0.05) is 20.8 Å². The SMILES string of the molecule is CCCn1c(OCC(C)C)nc2sc(Br)cc2c1=O. The zero-order valence-corrected chi connectivity index (χ0v) is 13.7.